The van der Waals surface area contributed by atoms with Gasteiger partial charge in [-0.25, -0.2) is 0 Å². The predicted molar refractivity (Wildman–Crippen MR) is 133 cm³/mol. The van der Waals surface area contributed by atoms with Crippen molar-refractivity contribution in [2.75, 3.05) is 52.5 Å². The molecule has 33 heavy (non-hydrogen) atoms. The Morgan fingerprint density at radius 1 is 0.848 bits per heavy atom. The highest BCUT2D eigenvalue weighted by Crippen LogP contribution is 2.39. The monoisotopic (exact) mass is 452 g/mol. The average Bonchev–Trinajstić information content (AvgIpc) is 2.81. The van der Waals surface area contributed by atoms with Crippen LogP contribution < -0.4 is 0 Å². The molecule has 1 heterocycles. The fraction of sp³-hybridized carbons (Fsp3) is 0.407. The van der Waals surface area contributed by atoms with Crippen molar-refractivity contribution < 1.29 is 20.1 Å². The lowest BCUT2D eigenvalue weighted by Gasteiger charge is -2.34. The van der Waals surface area contributed by atoms with E-state index in [4.69, 9.17) is 9.84 Å². The highest BCUT2D eigenvalue weighted by molar-refractivity contribution is 5.78. The van der Waals surface area contributed by atoms with Crippen LogP contribution in [0.25, 0.3) is 11.1 Å². The van der Waals surface area contributed by atoms with Crippen LogP contribution in [0.4, 0.5) is 0 Å². The first-order valence-corrected chi connectivity index (χ1v) is 11.6. The number of phenols is 2. The van der Waals surface area contributed by atoms with Crippen molar-refractivity contribution in [3.63, 3.8) is 0 Å². The molecule has 1 fully saturated rings. The summed E-state index contributed by atoms with van der Waals surface area (Å²) in [6.07, 6.45) is 5.07. The quantitative estimate of drug-likeness (QED) is 0.339. The Balaban J connectivity index is 1.77. The van der Waals surface area contributed by atoms with Gasteiger partial charge in [0.1, 0.15) is 11.5 Å². The number of aliphatic hydroxyl groups is 1. The summed E-state index contributed by atoms with van der Waals surface area (Å²) in [5.41, 5.74) is 4.23. The summed E-state index contributed by atoms with van der Waals surface area (Å²) in [4.78, 5) is 4.70. The molecule has 3 N–H and O–H groups in total. The summed E-state index contributed by atoms with van der Waals surface area (Å²) in [5.74, 6) is 0.366. The van der Waals surface area contributed by atoms with Crippen LogP contribution in [0.3, 0.4) is 0 Å². The lowest BCUT2D eigenvalue weighted by molar-refractivity contribution is 0.0562. The van der Waals surface area contributed by atoms with Gasteiger partial charge in [-0.05, 0) is 42.2 Å². The molecule has 6 heteroatoms. The summed E-state index contributed by atoms with van der Waals surface area (Å²) >= 11 is 0. The fourth-order valence-corrected chi connectivity index (χ4v) is 4.24. The molecule has 1 aliphatic heterocycles. The minimum atomic E-state index is 0.0561. The Kier molecular flexibility index (Phi) is 9.51. The van der Waals surface area contributed by atoms with Crippen LogP contribution in [0, 0.1) is 0 Å². The minimum absolute atomic E-state index is 0.0561. The highest BCUT2D eigenvalue weighted by Gasteiger charge is 2.20. The van der Waals surface area contributed by atoms with E-state index < -0.39 is 0 Å². The zero-order chi connectivity index (χ0) is 23.6. The standard InChI is InChI=1S/C27H36N2O4/c1-3-5-21-7-8-26(31)24(18-21)25-19-22(6-4-2)17-23(27(25)32)20-29-11-9-28(10-12-29)13-15-33-16-14-30/h3-4,7-8,17-19,30-32H,1-2,5-6,9-16,20H2. The van der Waals surface area contributed by atoms with E-state index in [0.29, 0.717) is 43.7 Å². The molecule has 2 aromatic rings. The van der Waals surface area contributed by atoms with E-state index in [9.17, 15) is 10.2 Å². The zero-order valence-electron chi connectivity index (χ0n) is 19.4. The molecule has 0 aliphatic carbocycles. The Bertz CT molecular complexity index is 936. The number of rotatable bonds is 12. The Hall–Kier alpha value is -2.64. The number of nitrogens with zero attached hydrogens (tertiary/aromatic N) is 2. The zero-order valence-corrected chi connectivity index (χ0v) is 19.4. The van der Waals surface area contributed by atoms with Gasteiger partial charge in [0.15, 0.2) is 0 Å². The molecule has 0 bridgehead atoms. The number of hydrogen-bond donors (Lipinski definition) is 3. The maximum atomic E-state index is 11.2. The van der Waals surface area contributed by atoms with E-state index in [1.54, 1.807) is 6.07 Å². The van der Waals surface area contributed by atoms with Crippen LogP contribution in [0.2, 0.25) is 0 Å². The van der Waals surface area contributed by atoms with Gasteiger partial charge in [0.25, 0.3) is 0 Å². The molecule has 2 aromatic carbocycles. The van der Waals surface area contributed by atoms with Gasteiger partial charge in [-0.15, -0.1) is 13.2 Å². The van der Waals surface area contributed by atoms with Crippen molar-refractivity contribution in [2.24, 2.45) is 0 Å². The van der Waals surface area contributed by atoms with Crippen molar-refractivity contribution in [3.05, 3.63) is 72.3 Å². The van der Waals surface area contributed by atoms with E-state index in [1.807, 2.05) is 36.4 Å². The van der Waals surface area contributed by atoms with Gasteiger partial charge in [-0.3, -0.25) is 9.80 Å². The molecule has 0 radical (unpaired) electrons. The number of aromatic hydroxyl groups is 2. The third-order valence-electron chi connectivity index (χ3n) is 6.01. The minimum Gasteiger partial charge on any atom is -0.507 e. The molecular weight excluding hydrogens is 416 g/mol. The maximum Gasteiger partial charge on any atom is 0.128 e. The van der Waals surface area contributed by atoms with E-state index in [-0.39, 0.29) is 18.1 Å². The first-order valence-electron chi connectivity index (χ1n) is 11.6. The molecule has 6 nitrogen and oxygen atoms in total. The summed E-state index contributed by atoms with van der Waals surface area (Å²) in [6, 6.07) is 9.46. The second-order valence-corrected chi connectivity index (χ2v) is 8.44. The number of ether oxygens (including phenoxy) is 1. The summed E-state index contributed by atoms with van der Waals surface area (Å²) in [6.45, 7) is 13.9. The Morgan fingerprint density at radius 2 is 1.52 bits per heavy atom. The summed E-state index contributed by atoms with van der Waals surface area (Å²) in [5, 5.41) is 30.6. The van der Waals surface area contributed by atoms with Gasteiger partial charge >= 0.3 is 0 Å². The van der Waals surface area contributed by atoms with E-state index in [2.05, 4.69) is 23.0 Å². The first-order chi connectivity index (χ1) is 16.0. The third kappa shape index (κ3) is 6.92. The molecule has 178 valence electrons. The second kappa shape index (κ2) is 12.6. The van der Waals surface area contributed by atoms with Gasteiger partial charge in [0.05, 0.1) is 19.8 Å². The predicted octanol–water partition coefficient (Wildman–Crippen LogP) is 3.35. The SMILES string of the molecule is C=CCc1ccc(O)c(-c2cc(CC=C)cc(CN3CCN(CCOCCO)CC3)c2O)c1. The molecule has 3 rings (SSSR count). The van der Waals surface area contributed by atoms with Gasteiger partial charge in [0, 0.05) is 56.0 Å². The van der Waals surface area contributed by atoms with E-state index in [0.717, 1.165) is 49.4 Å². The molecule has 0 atom stereocenters. The topological polar surface area (TPSA) is 76.4 Å². The molecule has 0 spiro atoms. The van der Waals surface area contributed by atoms with Crippen molar-refractivity contribution in [2.45, 2.75) is 19.4 Å². The van der Waals surface area contributed by atoms with Gasteiger partial charge in [-0.2, -0.15) is 0 Å². The van der Waals surface area contributed by atoms with Crippen LogP contribution in [-0.4, -0.2) is 77.7 Å². The molecule has 1 aliphatic rings. The van der Waals surface area contributed by atoms with Gasteiger partial charge in [0.2, 0.25) is 0 Å². The number of piperazine rings is 1. The number of hydrogen-bond acceptors (Lipinski definition) is 6. The van der Waals surface area contributed by atoms with Gasteiger partial charge in [-0.1, -0.05) is 24.3 Å². The highest BCUT2D eigenvalue weighted by atomic mass is 16.5. The molecule has 0 unspecified atom stereocenters. The lowest BCUT2D eigenvalue weighted by Crippen LogP contribution is -2.46. The number of aliphatic hydroxyl groups excluding tert-OH is 1. The van der Waals surface area contributed by atoms with Crippen molar-refractivity contribution in [1.82, 2.24) is 9.80 Å². The van der Waals surface area contributed by atoms with Gasteiger partial charge < -0.3 is 20.1 Å². The Morgan fingerprint density at radius 3 is 2.21 bits per heavy atom. The van der Waals surface area contributed by atoms with Crippen molar-refractivity contribution >= 4 is 0 Å². The van der Waals surface area contributed by atoms with Crippen LogP contribution >= 0.6 is 0 Å². The van der Waals surface area contributed by atoms with Crippen molar-refractivity contribution in [3.8, 4) is 22.6 Å². The second-order valence-electron chi connectivity index (χ2n) is 8.44. The van der Waals surface area contributed by atoms with Crippen LogP contribution in [0.15, 0.2) is 55.6 Å². The first kappa shape index (κ1) is 25.0. The lowest BCUT2D eigenvalue weighted by atomic mass is 9.94. The number of phenolic OH excluding ortho intramolecular Hbond substituents is 2. The van der Waals surface area contributed by atoms with Crippen LogP contribution in [-0.2, 0) is 24.1 Å². The van der Waals surface area contributed by atoms with Crippen LogP contribution in [0.5, 0.6) is 11.5 Å². The molecule has 0 saturated carbocycles. The average molecular weight is 453 g/mol. The maximum absolute atomic E-state index is 11.2. The van der Waals surface area contributed by atoms with Crippen LogP contribution in [0.1, 0.15) is 16.7 Å². The number of allylic oxidation sites excluding steroid dienone is 2. The summed E-state index contributed by atoms with van der Waals surface area (Å²) < 4.78 is 5.38. The smallest absolute Gasteiger partial charge is 0.128 e. The number of benzene rings is 2. The summed E-state index contributed by atoms with van der Waals surface area (Å²) in [7, 11) is 0. The van der Waals surface area contributed by atoms with E-state index >= 15 is 0 Å². The fourth-order valence-electron chi connectivity index (χ4n) is 4.24. The molecular formula is C27H36N2O4. The molecule has 0 amide bonds. The third-order valence-corrected chi connectivity index (χ3v) is 6.01. The molecule has 1 saturated heterocycles. The largest absolute Gasteiger partial charge is 0.507 e. The van der Waals surface area contributed by atoms with E-state index in [1.165, 1.54) is 0 Å². The van der Waals surface area contributed by atoms with Crippen molar-refractivity contribution in [1.29, 1.82) is 0 Å². The molecule has 0 aromatic heterocycles. The Labute approximate surface area is 197 Å². The normalized spacial score (nSPS) is 14.9.